The van der Waals surface area contributed by atoms with E-state index in [9.17, 15) is 13.2 Å². The fraction of sp³-hybridized carbons (Fsp3) is 0.269. The predicted molar refractivity (Wildman–Crippen MR) is 135 cm³/mol. The van der Waals surface area contributed by atoms with Crippen LogP contribution >= 0.6 is 0 Å². The summed E-state index contributed by atoms with van der Waals surface area (Å²) in [5.41, 5.74) is 5.51. The van der Waals surface area contributed by atoms with Crippen LogP contribution in [0.15, 0.2) is 72.8 Å². The lowest BCUT2D eigenvalue weighted by Crippen LogP contribution is -2.28. The summed E-state index contributed by atoms with van der Waals surface area (Å²) in [7, 11) is -3.52. The maximum atomic E-state index is 12.7. The Morgan fingerprint density at radius 3 is 2.51 bits per heavy atom. The maximum Gasteiger partial charge on any atom is 0.222 e. The second-order valence-corrected chi connectivity index (χ2v) is 10.6. The molecular formula is C26H27N5O3S. The van der Waals surface area contributed by atoms with Crippen LogP contribution < -0.4 is 4.72 Å². The van der Waals surface area contributed by atoms with Crippen LogP contribution in [-0.4, -0.2) is 46.5 Å². The highest BCUT2D eigenvalue weighted by Gasteiger charge is 2.20. The van der Waals surface area contributed by atoms with Gasteiger partial charge in [0, 0.05) is 26.1 Å². The first kappa shape index (κ1) is 23.2. The largest absolute Gasteiger partial charge is 0.338 e. The zero-order chi connectivity index (χ0) is 24.3. The Hall–Kier alpha value is -3.56. The Kier molecular flexibility index (Phi) is 6.61. The standard InChI is InChI=1S/C26H27N5O3S/c32-26-10-5-15-30(26)19-20-11-13-21(14-12-20)23-7-2-1-6-22(23)18-27-35(33,34)17-16-31-25-9-4-3-8-24(25)28-29-31/h1-4,6-9,11-14,27H,5,10,15-19H2. The molecule has 1 fully saturated rings. The van der Waals surface area contributed by atoms with Crippen molar-refractivity contribution in [3.8, 4) is 11.1 Å². The zero-order valence-electron chi connectivity index (χ0n) is 19.3. The lowest BCUT2D eigenvalue weighted by molar-refractivity contribution is -0.128. The van der Waals surface area contributed by atoms with Crippen LogP contribution in [-0.2, 0) is 34.5 Å². The van der Waals surface area contributed by atoms with E-state index in [1.165, 1.54) is 0 Å². The molecule has 0 bridgehead atoms. The van der Waals surface area contributed by atoms with Crippen LogP contribution in [0.1, 0.15) is 24.0 Å². The lowest BCUT2D eigenvalue weighted by Gasteiger charge is -2.16. The van der Waals surface area contributed by atoms with Crippen LogP contribution in [0.3, 0.4) is 0 Å². The molecule has 0 radical (unpaired) electrons. The van der Waals surface area contributed by atoms with Gasteiger partial charge in [-0.25, -0.2) is 17.8 Å². The highest BCUT2D eigenvalue weighted by molar-refractivity contribution is 7.89. The molecule has 1 aliphatic rings. The van der Waals surface area contributed by atoms with E-state index in [1.54, 1.807) is 4.68 Å². The zero-order valence-corrected chi connectivity index (χ0v) is 20.1. The van der Waals surface area contributed by atoms with Gasteiger partial charge in [-0.15, -0.1) is 5.10 Å². The van der Waals surface area contributed by atoms with Gasteiger partial charge in [0.1, 0.15) is 5.52 Å². The van der Waals surface area contributed by atoms with E-state index in [4.69, 9.17) is 0 Å². The molecule has 0 spiro atoms. The molecule has 1 N–H and O–H groups in total. The minimum absolute atomic E-state index is 0.0908. The van der Waals surface area contributed by atoms with Crippen LogP contribution in [0.4, 0.5) is 0 Å². The summed E-state index contributed by atoms with van der Waals surface area (Å²) in [4.78, 5) is 13.8. The molecule has 2 heterocycles. The molecule has 9 heteroatoms. The van der Waals surface area contributed by atoms with Gasteiger partial charge in [-0.2, -0.15) is 0 Å². The quantitative estimate of drug-likeness (QED) is 0.389. The maximum absolute atomic E-state index is 12.7. The monoisotopic (exact) mass is 489 g/mol. The van der Waals surface area contributed by atoms with E-state index >= 15 is 0 Å². The van der Waals surface area contributed by atoms with Crippen molar-refractivity contribution in [1.82, 2.24) is 24.6 Å². The highest BCUT2D eigenvalue weighted by atomic mass is 32.2. The molecule has 4 aromatic rings. The molecule has 0 atom stereocenters. The van der Waals surface area contributed by atoms with Crippen LogP contribution in [0, 0.1) is 0 Å². The summed E-state index contributed by atoms with van der Waals surface area (Å²) in [6.45, 7) is 1.86. The summed E-state index contributed by atoms with van der Waals surface area (Å²) in [6, 6.07) is 23.4. The molecule has 0 aliphatic carbocycles. The van der Waals surface area contributed by atoms with E-state index < -0.39 is 10.0 Å². The number of benzene rings is 3. The van der Waals surface area contributed by atoms with E-state index in [0.717, 1.165) is 46.3 Å². The normalized spacial score (nSPS) is 14.2. The third-order valence-electron chi connectivity index (χ3n) is 6.30. The van der Waals surface area contributed by atoms with Crippen molar-refractivity contribution in [1.29, 1.82) is 0 Å². The number of para-hydroxylation sites is 1. The van der Waals surface area contributed by atoms with Crippen molar-refractivity contribution in [3.05, 3.63) is 83.9 Å². The van der Waals surface area contributed by atoms with Crippen molar-refractivity contribution in [2.45, 2.75) is 32.5 Å². The molecule has 0 saturated carbocycles. The SMILES string of the molecule is O=C1CCCN1Cc1ccc(-c2ccccc2CNS(=O)(=O)CCn2nnc3ccccc32)cc1. The van der Waals surface area contributed by atoms with Gasteiger partial charge in [0.2, 0.25) is 15.9 Å². The predicted octanol–water partition coefficient (Wildman–Crippen LogP) is 3.34. The van der Waals surface area contributed by atoms with Gasteiger partial charge in [-0.05, 0) is 40.8 Å². The van der Waals surface area contributed by atoms with E-state index in [2.05, 4.69) is 15.0 Å². The number of aryl methyl sites for hydroxylation is 1. The molecule has 3 aromatic carbocycles. The first-order valence-corrected chi connectivity index (χ1v) is 13.3. The second-order valence-electron chi connectivity index (χ2n) is 8.71. The summed E-state index contributed by atoms with van der Waals surface area (Å²) >= 11 is 0. The smallest absolute Gasteiger partial charge is 0.222 e. The number of hydrogen-bond acceptors (Lipinski definition) is 5. The number of nitrogens with zero attached hydrogens (tertiary/aromatic N) is 4. The highest BCUT2D eigenvalue weighted by Crippen LogP contribution is 2.25. The number of aromatic nitrogens is 3. The number of amides is 1. The molecule has 5 rings (SSSR count). The molecule has 1 saturated heterocycles. The van der Waals surface area contributed by atoms with Crippen molar-refractivity contribution in [2.75, 3.05) is 12.3 Å². The minimum atomic E-state index is -3.52. The third-order valence-corrected chi connectivity index (χ3v) is 7.61. The summed E-state index contributed by atoms with van der Waals surface area (Å²) in [5.74, 6) is 0.121. The molecule has 0 unspecified atom stereocenters. The van der Waals surface area contributed by atoms with Gasteiger partial charge >= 0.3 is 0 Å². The first-order chi connectivity index (χ1) is 17.0. The van der Waals surface area contributed by atoms with Gasteiger partial charge in [0.25, 0.3) is 0 Å². The number of rotatable bonds is 9. The van der Waals surface area contributed by atoms with Crippen LogP contribution in [0.25, 0.3) is 22.2 Å². The van der Waals surface area contributed by atoms with Crippen molar-refractivity contribution < 1.29 is 13.2 Å². The Morgan fingerprint density at radius 2 is 1.71 bits per heavy atom. The van der Waals surface area contributed by atoms with Crippen LogP contribution in [0.2, 0.25) is 0 Å². The van der Waals surface area contributed by atoms with E-state index in [0.29, 0.717) is 13.0 Å². The average Bonchev–Trinajstić information content (AvgIpc) is 3.48. The fourth-order valence-corrected chi connectivity index (χ4v) is 5.32. The molecule has 1 aromatic heterocycles. The molecule has 8 nitrogen and oxygen atoms in total. The molecule has 180 valence electrons. The van der Waals surface area contributed by atoms with Crippen LogP contribution in [0.5, 0.6) is 0 Å². The van der Waals surface area contributed by atoms with Gasteiger partial charge in [-0.3, -0.25) is 4.79 Å². The molecular weight excluding hydrogens is 462 g/mol. The van der Waals surface area contributed by atoms with E-state index in [1.807, 2.05) is 77.7 Å². The number of nitrogens with one attached hydrogen (secondary N) is 1. The number of likely N-dealkylation sites (tertiary alicyclic amines) is 1. The van der Waals surface area contributed by atoms with Crippen molar-refractivity contribution in [2.24, 2.45) is 0 Å². The molecule has 35 heavy (non-hydrogen) atoms. The number of carbonyl (C=O) groups is 1. The number of sulfonamides is 1. The number of carbonyl (C=O) groups excluding carboxylic acids is 1. The Bertz CT molecular complexity index is 1450. The summed E-state index contributed by atoms with van der Waals surface area (Å²) in [6.07, 6.45) is 1.56. The Labute approximate surface area is 204 Å². The number of fused-ring (bicyclic) bond motifs is 1. The Morgan fingerprint density at radius 1 is 0.943 bits per heavy atom. The van der Waals surface area contributed by atoms with Gasteiger partial charge < -0.3 is 4.90 Å². The number of hydrogen-bond donors (Lipinski definition) is 1. The second kappa shape index (κ2) is 9.97. The molecule has 1 amide bonds. The minimum Gasteiger partial charge on any atom is -0.338 e. The fourth-order valence-electron chi connectivity index (χ4n) is 4.39. The van der Waals surface area contributed by atoms with Gasteiger partial charge in [0.05, 0.1) is 17.8 Å². The van der Waals surface area contributed by atoms with Gasteiger partial charge in [-0.1, -0.05) is 65.9 Å². The van der Waals surface area contributed by atoms with Crippen molar-refractivity contribution >= 4 is 27.0 Å². The lowest BCUT2D eigenvalue weighted by atomic mass is 9.98. The topological polar surface area (TPSA) is 97.2 Å². The average molecular weight is 490 g/mol. The van der Waals surface area contributed by atoms with E-state index in [-0.39, 0.29) is 24.7 Å². The summed E-state index contributed by atoms with van der Waals surface area (Å²) in [5, 5.41) is 8.14. The first-order valence-electron chi connectivity index (χ1n) is 11.7. The summed E-state index contributed by atoms with van der Waals surface area (Å²) < 4.78 is 29.8. The molecule has 1 aliphatic heterocycles. The van der Waals surface area contributed by atoms with Gasteiger partial charge in [0.15, 0.2) is 0 Å². The Balaban J connectivity index is 1.24. The third kappa shape index (κ3) is 5.41. The van der Waals surface area contributed by atoms with Crippen molar-refractivity contribution in [3.63, 3.8) is 0 Å².